The van der Waals surface area contributed by atoms with Crippen LogP contribution in [0, 0.1) is 6.92 Å². The lowest BCUT2D eigenvalue weighted by atomic mass is 10.1. The molecule has 21 heavy (non-hydrogen) atoms. The smallest absolute Gasteiger partial charge is 0.241 e. The molecule has 1 aliphatic carbocycles. The van der Waals surface area contributed by atoms with Gasteiger partial charge in [-0.25, -0.2) is 13.1 Å². The van der Waals surface area contributed by atoms with Gasteiger partial charge in [0.05, 0.1) is 11.0 Å². The van der Waals surface area contributed by atoms with Crippen LogP contribution in [-0.4, -0.2) is 34.7 Å². The van der Waals surface area contributed by atoms with Gasteiger partial charge in [0, 0.05) is 19.7 Å². The predicted molar refractivity (Wildman–Crippen MR) is 82.7 cm³/mol. The third-order valence-corrected chi connectivity index (χ3v) is 5.75. The van der Waals surface area contributed by atoms with Crippen LogP contribution in [0.5, 0.6) is 0 Å². The minimum atomic E-state index is -3.52. The number of hydrogen-bond acceptors (Lipinski definition) is 4. The van der Waals surface area contributed by atoms with Gasteiger partial charge in [-0.05, 0) is 50.4 Å². The van der Waals surface area contributed by atoms with E-state index >= 15 is 0 Å². The molecular weight excluding hydrogens is 288 g/mol. The van der Waals surface area contributed by atoms with Crippen molar-refractivity contribution in [3.63, 3.8) is 0 Å². The molecule has 6 heteroatoms. The number of rotatable bonds is 6. The minimum Gasteiger partial charge on any atom is -0.380 e. The third-order valence-electron chi connectivity index (χ3n) is 4.11. The molecule has 0 spiro atoms. The van der Waals surface area contributed by atoms with Crippen molar-refractivity contribution in [2.45, 2.75) is 49.8 Å². The van der Waals surface area contributed by atoms with E-state index in [0.29, 0.717) is 11.4 Å². The second-order valence-corrected chi connectivity index (χ2v) is 7.19. The van der Waals surface area contributed by atoms with E-state index in [4.69, 9.17) is 4.74 Å². The van der Waals surface area contributed by atoms with E-state index in [0.717, 1.165) is 30.4 Å². The molecule has 0 bridgehead atoms. The zero-order chi connectivity index (χ0) is 15.5. The van der Waals surface area contributed by atoms with Gasteiger partial charge in [-0.2, -0.15) is 0 Å². The summed E-state index contributed by atoms with van der Waals surface area (Å²) >= 11 is 0. The molecule has 5 nitrogen and oxygen atoms in total. The quantitative estimate of drug-likeness (QED) is 0.836. The van der Waals surface area contributed by atoms with Gasteiger partial charge < -0.3 is 10.1 Å². The maximum atomic E-state index is 12.6. The molecule has 118 valence electrons. The van der Waals surface area contributed by atoms with Crippen molar-refractivity contribution in [2.75, 3.05) is 14.2 Å². The Balaban J connectivity index is 2.25. The average molecular weight is 312 g/mol. The number of methoxy groups -OCH3 is 1. The van der Waals surface area contributed by atoms with Gasteiger partial charge in [0.1, 0.15) is 0 Å². The summed E-state index contributed by atoms with van der Waals surface area (Å²) in [5.74, 6) is 0. The fraction of sp³-hybridized carbons (Fsp3) is 0.600. The van der Waals surface area contributed by atoms with Crippen molar-refractivity contribution >= 4 is 10.0 Å². The van der Waals surface area contributed by atoms with Crippen molar-refractivity contribution in [3.05, 3.63) is 29.3 Å². The monoisotopic (exact) mass is 312 g/mol. The van der Waals surface area contributed by atoms with Crippen LogP contribution < -0.4 is 10.0 Å². The molecule has 2 atom stereocenters. The molecule has 1 aromatic carbocycles. The zero-order valence-corrected chi connectivity index (χ0v) is 13.7. The first-order valence-corrected chi connectivity index (χ1v) is 8.76. The molecule has 2 N–H and O–H groups in total. The van der Waals surface area contributed by atoms with Crippen LogP contribution in [0.25, 0.3) is 0 Å². The van der Waals surface area contributed by atoms with Gasteiger partial charge in [-0.15, -0.1) is 0 Å². The van der Waals surface area contributed by atoms with Crippen LogP contribution in [-0.2, 0) is 21.3 Å². The summed E-state index contributed by atoms with van der Waals surface area (Å²) in [6.45, 7) is 2.50. The lowest BCUT2D eigenvalue weighted by molar-refractivity contribution is 0.0916. The first-order chi connectivity index (χ1) is 9.99. The van der Waals surface area contributed by atoms with Crippen LogP contribution in [0.1, 0.15) is 30.4 Å². The van der Waals surface area contributed by atoms with Crippen molar-refractivity contribution in [2.24, 2.45) is 0 Å². The maximum absolute atomic E-state index is 12.6. The lowest BCUT2D eigenvalue weighted by Crippen LogP contribution is -2.40. The lowest BCUT2D eigenvalue weighted by Gasteiger charge is -2.20. The Morgan fingerprint density at radius 2 is 2.10 bits per heavy atom. The molecule has 0 amide bonds. The molecule has 0 aliphatic heterocycles. The maximum Gasteiger partial charge on any atom is 0.241 e. The van der Waals surface area contributed by atoms with E-state index in [1.807, 2.05) is 20.0 Å². The third kappa shape index (κ3) is 3.63. The molecule has 1 fully saturated rings. The summed E-state index contributed by atoms with van der Waals surface area (Å²) in [6.07, 6.45) is 2.69. The first kappa shape index (κ1) is 16.4. The number of ether oxygens (including phenoxy) is 1. The van der Waals surface area contributed by atoms with Crippen LogP contribution in [0.3, 0.4) is 0 Å². The first-order valence-electron chi connectivity index (χ1n) is 7.28. The summed E-state index contributed by atoms with van der Waals surface area (Å²) in [5, 5.41) is 3.06. The Kier molecular flexibility index (Phi) is 5.37. The second kappa shape index (κ2) is 6.87. The Bertz CT molecular complexity index is 587. The fourth-order valence-electron chi connectivity index (χ4n) is 2.94. The van der Waals surface area contributed by atoms with Gasteiger partial charge in [-0.3, -0.25) is 0 Å². The second-order valence-electron chi connectivity index (χ2n) is 5.50. The van der Waals surface area contributed by atoms with Gasteiger partial charge in [0.2, 0.25) is 10.0 Å². The van der Waals surface area contributed by atoms with Crippen LogP contribution in [0.2, 0.25) is 0 Å². The van der Waals surface area contributed by atoms with E-state index in [1.165, 1.54) is 0 Å². The van der Waals surface area contributed by atoms with E-state index in [9.17, 15) is 8.42 Å². The van der Waals surface area contributed by atoms with E-state index in [2.05, 4.69) is 10.0 Å². The average Bonchev–Trinajstić information content (AvgIpc) is 2.87. The zero-order valence-electron chi connectivity index (χ0n) is 12.8. The normalized spacial score (nSPS) is 22.6. The highest BCUT2D eigenvalue weighted by Gasteiger charge is 2.31. The molecule has 0 aromatic heterocycles. The minimum absolute atomic E-state index is 0.0272. The van der Waals surface area contributed by atoms with Crippen LogP contribution in [0.15, 0.2) is 23.1 Å². The standard InChI is InChI=1S/C15H24N2O3S/c1-11-12(10-16-2)6-4-9-15(11)21(18,19)17-13-7-5-8-14(13)20-3/h4,6,9,13-14,16-17H,5,7-8,10H2,1-3H3. The molecule has 0 radical (unpaired) electrons. The Morgan fingerprint density at radius 3 is 2.76 bits per heavy atom. The summed E-state index contributed by atoms with van der Waals surface area (Å²) in [6, 6.07) is 5.26. The van der Waals surface area contributed by atoms with Crippen LogP contribution in [0.4, 0.5) is 0 Å². The molecule has 0 saturated heterocycles. The fourth-order valence-corrected chi connectivity index (χ4v) is 4.53. The van der Waals surface area contributed by atoms with Gasteiger partial charge >= 0.3 is 0 Å². The van der Waals surface area contributed by atoms with Crippen LogP contribution >= 0.6 is 0 Å². The van der Waals surface area contributed by atoms with Gasteiger partial charge in [0.15, 0.2) is 0 Å². The van der Waals surface area contributed by atoms with Crippen molar-refractivity contribution in [1.29, 1.82) is 0 Å². The summed E-state index contributed by atoms with van der Waals surface area (Å²) < 4.78 is 33.5. The van der Waals surface area contributed by atoms with Crippen molar-refractivity contribution in [1.82, 2.24) is 10.0 Å². The summed E-state index contributed by atoms with van der Waals surface area (Å²) in [5.41, 5.74) is 1.79. The molecular formula is C15H24N2O3S. The number of sulfonamides is 1. The van der Waals surface area contributed by atoms with E-state index in [-0.39, 0.29) is 12.1 Å². The number of benzene rings is 1. The molecule has 1 saturated carbocycles. The van der Waals surface area contributed by atoms with Gasteiger partial charge in [-0.1, -0.05) is 12.1 Å². The molecule has 2 unspecified atom stereocenters. The highest BCUT2D eigenvalue weighted by atomic mass is 32.2. The SMILES string of the molecule is CNCc1cccc(S(=O)(=O)NC2CCCC2OC)c1C. The highest BCUT2D eigenvalue weighted by molar-refractivity contribution is 7.89. The molecule has 2 rings (SSSR count). The number of hydrogen-bond donors (Lipinski definition) is 2. The van der Waals surface area contributed by atoms with E-state index in [1.54, 1.807) is 19.2 Å². The summed E-state index contributed by atoms with van der Waals surface area (Å²) in [7, 11) is -0.0332. The molecule has 0 heterocycles. The summed E-state index contributed by atoms with van der Waals surface area (Å²) in [4.78, 5) is 0.358. The van der Waals surface area contributed by atoms with Crippen molar-refractivity contribution < 1.29 is 13.2 Å². The topological polar surface area (TPSA) is 67.4 Å². The molecule has 1 aliphatic rings. The highest BCUT2D eigenvalue weighted by Crippen LogP contribution is 2.25. The van der Waals surface area contributed by atoms with Crippen molar-refractivity contribution in [3.8, 4) is 0 Å². The largest absolute Gasteiger partial charge is 0.380 e. The molecule has 1 aromatic rings. The van der Waals surface area contributed by atoms with E-state index < -0.39 is 10.0 Å². The Hall–Kier alpha value is -0.950. The Morgan fingerprint density at radius 1 is 1.33 bits per heavy atom. The Labute approximate surface area is 127 Å². The predicted octanol–water partition coefficient (Wildman–Crippen LogP) is 1.56. The number of nitrogens with one attached hydrogen (secondary N) is 2. The van der Waals surface area contributed by atoms with Gasteiger partial charge in [0.25, 0.3) is 0 Å².